The van der Waals surface area contributed by atoms with Gasteiger partial charge in [0.2, 0.25) is 5.91 Å². The van der Waals surface area contributed by atoms with Crippen LogP contribution in [0.3, 0.4) is 0 Å². The Morgan fingerprint density at radius 3 is 2.21 bits per heavy atom. The average molecular weight is 566 g/mol. The summed E-state index contributed by atoms with van der Waals surface area (Å²) in [6.45, 7) is 3.00. The summed E-state index contributed by atoms with van der Waals surface area (Å²) in [4.78, 5) is 26.0. The molecule has 2 unspecified atom stereocenters. The van der Waals surface area contributed by atoms with E-state index in [9.17, 15) is 14.4 Å². The van der Waals surface area contributed by atoms with Crippen LogP contribution in [-0.4, -0.2) is 51.9 Å². The Labute approximate surface area is 247 Å². The molecule has 2 heterocycles. The number of halogens is 1. The van der Waals surface area contributed by atoms with E-state index in [1.165, 1.54) is 37.7 Å². The first-order valence-corrected chi connectivity index (χ1v) is 15.8. The van der Waals surface area contributed by atoms with Gasteiger partial charge in [-0.1, -0.05) is 24.3 Å². The highest BCUT2D eigenvalue weighted by atomic mass is 19.1. The molecule has 4 saturated carbocycles. The molecule has 4 bridgehead atoms. The van der Waals surface area contributed by atoms with Gasteiger partial charge in [-0.25, -0.2) is 9.37 Å². The predicted molar refractivity (Wildman–Crippen MR) is 159 cm³/mol. The van der Waals surface area contributed by atoms with E-state index in [1.54, 1.807) is 18.5 Å². The molecular formula is C35H40FN5O. The van der Waals surface area contributed by atoms with Crippen molar-refractivity contribution in [2.45, 2.75) is 56.9 Å². The third kappa shape index (κ3) is 5.49. The molecule has 1 amide bonds. The number of nitrogens with one attached hydrogen (secondary N) is 1. The smallest absolute Gasteiger partial charge is 0.223 e. The summed E-state index contributed by atoms with van der Waals surface area (Å²) < 4.78 is 13.9. The molecule has 218 valence electrons. The molecule has 8 rings (SSSR count). The van der Waals surface area contributed by atoms with E-state index in [1.807, 2.05) is 42.6 Å². The number of carbonyl (C=O) groups excluding carboxylic acids is 1. The highest BCUT2D eigenvalue weighted by molar-refractivity contribution is 5.77. The number of aromatic nitrogens is 2. The SMILES string of the molecule is N#Cc1ccc(CC(c2cnc[nH]2)N2CCN(C(=O)CC(c3ccc(F)cc3)C3C4CC5CC(C4)CC3C5)CC2)cc1. The second-order valence-corrected chi connectivity index (χ2v) is 13.3. The van der Waals surface area contributed by atoms with Crippen molar-refractivity contribution in [1.82, 2.24) is 19.8 Å². The van der Waals surface area contributed by atoms with Crippen LogP contribution < -0.4 is 0 Å². The van der Waals surface area contributed by atoms with Gasteiger partial charge in [0.1, 0.15) is 5.82 Å². The number of carbonyl (C=O) groups is 1. The zero-order valence-electron chi connectivity index (χ0n) is 24.2. The number of imidazole rings is 1. The molecule has 1 aromatic heterocycles. The predicted octanol–water partition coefficient (Wildman–Crippen LogP) is 6.09. The minimum atomic E-state index is -0.210. The third-order valence-electron chi connectivity index (χ3n) is 11.0. The molecule has 5 aliphatic rings. The molecule has 0 spiro atoms. The maximum absolute atomic E-state index is 13.9. The molecule has 7 heteroatoms. The van der Waals surface area contributed by atoms with E-state index in [0.29, 0.717) is 42.8 Å². The van der Waals surface area contributed by atoms with Crippen LogP contribution in [0.15, 0.2) is 61.1 Å². The number of rotatable bonds is 8. The Morgan fingerprint density at radius 1 is 0.952 bits per heavy atom. The molecule has 3 aromatic rings. The van der Waals surface area contributed by atoms with Gasteiger partial charge >= 0.3 is 0 Å². The van der Waals surface area contributed by atoms with Crippen LogP contribution in [0.5, 0.6) is 0 Å². The van der Waals surface area contributed by atoms with Gasteiger partial charge in [0, 0.05) is 38.8 Å². The summed E-state index contributed by atoms with van der Waals surface area (Å²) in [5.41, 5.74) is 4.04. The Kier molecular flexibility index (Phi) is 7.58. The van der Waals surface area contributed by atoms with Crippen molar-refractivity contribution in [3.63, 3.8) is 0 Å². The second-order valence-electron chi connectivity index (χ2n) is 13.3. The third-order valence-corrected chi connectivity index (χ3v) is 11.0. The highest BCUT2D eigenvalue weighted by Gasteiger charge is 2.51. The van der Waals surface area contributed by atoms with Gasteiger partial charge in [0.25, 0.3) is 0 Å². The lowest BCUT2D eigenvalue weighted by atomic mass is 9.49. The first-order chi connectivity index (χ1) is 20.5. The van der Waals surface area contributed by atoms with Crippen molar-refractivity contribution in [3.8, 4) is 6.07 Å². The topological polar surface area (TPSA) is 76.0 Å². The molecule has 1 saturated heterocycles. The highest BCUT2D eigenvalue weighted by Crippen LogP contribution is 2.60. The van der Waals surface area contributed by atoms with Gasteiger partial charge < -0.3 is 9.88 Å². The van der Waals surface area contributed by atoms with Crippen LogP contribution in [0, 0.1) is 46.7 Å². The molecule has 1 aliphatic heterocycles. The molecule has 6 nitrogen and oxygen atoms in total. The van der Waals surface area contributed by atoms with Crippen molar-refractivity contribution in [1.29, 1.82) is 5.26 Å². The Morgan fingerprint density at radius 2 is 1.62 bits per heavy atom. The van der Waals surface area contributed by atoms with E-state index in [-0.39, 0.29) is 23.7 Å². The maximum Gasteiger partial charge on any atom is 0.223 e. The number of H-pyrrole nitrogens is 1. The molecule has 42 heavy (non-hydrogen) atoms. The lowest BCUT2D eigenvalue weighted by molar-refractivity contribution is -0.135. The summed E-state index contributed by atoms with van der Waals surface area (Å²) >= 11 is 0. The fourth-order valence-electron chi connectivity index (χ4n) is 9.23. The Bertz CT molecular complexity index is 1380. The number of benzene rings is 2. The van der Waals surface area contributed by atoms with E-state index in [4.69, 9.17) is 0 Å². The second kappa shape index (κ2) is 11.6. The summed E-state index contributed by atoms with van der Waals surface area (Å²) in [5.74, 6) is 3.91. The monoisotopic (exact) mass is 565 g/mol. The average Bonchev–Trinajstić information content (AvgIpc) is 3.54. The molecule has 2 atom stereocenters. The fraction of sp³-hybridized carbons (Fsp3) is 0.514. The summed E-state index contributed by atoms with van der Waals surface area (Å²) in [6, 6.07) is 17.1. The minimum Gasteiger partial charge on any atom is -0.347 e. The van der Waals surface area contributed by atoms with Crippen LogP contribution >= 0.6 is 0 Å². The van der Waals surface area contributed by atoms with Crippen LogP contribution in [0.4, 0.5) is 4.39 Å². The van der Waals surface area contributed by atoms with E-state index < -0.39 is 0 Å². The van der Waals surface area contributed by atoms with E-state index in [2.05, 4.69) is 25.8 Å². The van der Waals surface area contributed by atoms with Crippen molar-refractivity contribution in [2.24, 2.45) is 29.6 Å². The standard InChI is InChI=1S/C35H40FN5O/c36-30-7-5-27(6-8-30)31(35-28-14-25-13-26(16-28)17-29(35)15-25)19-34(42)41-11-9-40(10-12-41)33(32-21-38-22-39-32)18-23-1-3-24(20-37)4-2-23/h1-8,21-22,25-26,28-29,31,33,35H,9-19H2,(H,38,39). The van der Waals surface area contributed by atoms with Crippen molar-refractivity contribution in [3.05, 3.63) is 89.3 Å². The largest absolute Gasteiger partial charge is 0.347 e. The molecule has 1 N–H and O–H groups in total. The number of nitrogens with zero attached hydrogens (tertiary/aromatic N) is 4. The molecule has 5 fully saturated rings. The number of hydrogen-bond donors (Lipinski definition) is 1. The van der Waals surface area contributed by atoms with E-state index in [0.717, 1.165) is 42.6 Å². The number of nitriles is 1. The summed E-state index contributed by atoms with van der Waals surface area (Å²) in [5, 5.41) is 9.17. The number of piperazine rings is 1. The molecule has 4 aliphatic carbocycles. The van der Waals surface area contributed by atoms with Crippen molar-refractivity contribution < 1.29 is 9.18 Å². The van der Waals surface area contributed by atoms with Gasteiger partial charge in [0.05, 0.1) is 29.7 Å². The molecule has 0 radical (unpaired) electrons. The Hall–Kier alpha value is -3.50. The van der Waals surface area contributed by atoms with Crippen molar-refractivity contribution >= 4 is 5.91 Å². The first-order valence-electron chi connectivity index (χ1n) is 15.8. The number of hydrogen-bond acceptors (Lipinski definition) is 4. The quantitative estimate of drug-likeness (QED) is 0.358. The zero-order valence-corrected chi connectivity index (χ0v) is 24.2. The lowest BCUT2D eigenvalue weighted by Crippen LogP contribution is -2.51. The fourth-order valence-corrected chi connectivity index (χ4v) is 9.23. The lowest BCUT2D eigenvalue weighted by Gasteiger charge is -2.56. The summed E-state index contributed by atoms with van der Waals surface area (Å²) in [6.07, 6.45) is 11.6. The minimum absolute atomic E-state index is 0.123. The van der Waals surface area contributed by atoms with Crippen LogP contribution in [0.1, 0.15) is 72.9 Å². The van der Waals surface area contributed by atoms with Gasteiger partial charge in [-0.15, -0.1) is 0 Å². The van der Waals surface area contributed by atoms with Crippen molar-refractivity contribution in [2.75, 3.05) is 26.2 Å². The summed E-state index contributed by atoms with van der Waals surface area (Å²) in [7, 11) is 0. The van der Waals surface area contributed by atoms with Crippen LogP contribution in [0.25, 0.3) is 0 Å². The maximum atomic E-state index is 13.9. The first kappa shape index (κ1) is 27.3. The van der Waals surface area contributed by atoms with Gasteiger partial charge in [0.15, 0.2) is 0 Å². The molecule has 2 aromatic carbocycles. The number of aromatic amines is 1. The van der Waals surface area contributed by atoms with Gasteiger partial charge in [-0.05, 0) is 109 Å². The zero-order chi connectivity index (χ0) is 28.6. The normalized spacial score (nSPS) is 28.4. The molecular weight excluding hydrogens is 525 g/mol. The van der Waals surface area contributed by atoms with Gasteiger partial charge in [-0.3, -0.25) is 9.69 Å². The van der Waals surface area contributed by atoms with Crippen LogP contribution in [-0.2, 0) is 11.2 Å². The Balaban J connectivity index is 1.04. The van der Waals surface area contributed by atoms with Gasteiger partial charge in [-0.2, -0.15) is 5.26 Å². The van der Waals surface area contributed by atoms with E-state index >= 15 is 0 Å². The van der Waals surface area contributed by atoms with Crippen LogP contribution in [0.2, 0.25) is 0 Å². The number of amides is 1.